The van der Waals surface area contributed by atoms with Gasteiger partial charge in [-0.15, -0.1) is 0 Å². The zero-order valence-corrected chi connectivity index (χ0v) is 19.2. The van der Waals surface area contributed by atoms with Gasteiger partial charge in [0.1, 0.15) is 5.82 Å². The third-order valence-electron chi connectivity index (χ3n) is 4.18. The first-order chi connectivity index (χ1) is 14.6. The molecule has 12 heteroatoms. The second-order valence-corrected chi connectivity index (χ2v) is 8.16. The number of aliphatic carboxylic acids is 1. The molecular weight excluding hydrogens is 540 g/mol. The SMILES string of the molecule is Cc1nc2ccc(Br)cc2c(=O)n1N=Cc1cc(Br)c(O[C@H](C)C(=O)O)c([N+](=O)[O-])c1. The monoisotopic (exact) mass is 552 g/mol. The van der Waals surface area contributed by atoms with Gasteiger partial charge in [-0.3, -0.25) is 14.9 Å². The fraction of sp³-hybridized carbons (Fsp3) is 0.158. The van der Waals surface area contributed by atoms with Crippen molar-refractivity contribution in [1.82, 2.24) is 9.66 Å². The predicted molar refractivity (Wildman–Crippen MR) is 120 cm³/mol. The van der Waals surface area contributed by atoms with Crippen molar-refractivity contribution in [2.45, 2.75) is 20.0 Å². The number of aromatic nitrogens is 2. The van der Waals surface area contributed by atoms with Gasteiger partial charge >= 0.3 is 11.7 Å². The van der Waals surface area contributed by atoms with Gasteiger partial charge in [0.25, 0.3) is 5.56 Å². The Morgan fingerprint density at radius 1 is 1.35 bits per heavy atom. The number of nitro benzene ring substituents is 1. The number of aryl methyl sites for hydroxylation is 1. The predicted octanol–water partition coefficient (Wildman–Crippen LogP) is 3.87. The number of halogens is 2. The number of nitro groups is 1. The number of hydrogen-bond donors (Lipinski definition) is 1. The highest BCUT2D eigenvalue weighted by molar-refractivity contribution is 9.10. The molecule has 1 heterocycles. The number of rotatable bonds is 6. The molecule has 0 aliphatic rings. The van der Waals surface area contributed by atoms with Gasteiger partial charge in [-0.05, 0) is 54.0 Å². The number of ether oxygens (including phenoxy) is 1. The lowest BCUT2D eigenvalue weighted by molar-refractivity contribution is -0.386. The molecule has 2 aromatic carbocycles. The Balaban J connectivity index is 2.06. The van der Waals surface area contributed by atoms with Crippen molar-refractivity contribution >= 4 is 60.6 Å². The van der Waals surface area contributed by atoms with Gasteiger partial charge in [0, 0.05) is 16.1 Å². The molecule has 0 aliphatic carbocycles. The number of hydrogen-bond acceptors (Lipinski definition) is 7. The second-order valence-electron chi connectivity index (χ2n) is 6.39. The van der Waals surface area contributed by atoms with Crippen LogP contribution in [0.1, 0.15) is 18.3 Å². The molecule has 0 unspecified atom stereocenters. The molecule has 0 fully saturated rings. The van der Waals surface area contributed by atoms with Crippen molar-refractivity contribution in [3.05, 3.63) is 71.1 Å². The first-order valence-electron chi connectivity index (χ1n) is 8.69. The van der Waals surface area contributed by atoms with E-state index >= 15 is 0 Å². The van der Waals surface area contributed by atoms with Gasteiger partial charge < -0.3 is 9.84 Å². The molecule has 1 N–H and O–H groups in total. The number of nitrogens with zero attached hydrogens (tertiary/aromatic N) is 4. The molecule has 0 saturated heterocycles. The molecule has 31 heavy (non-hydrogen) atoms. The number of carboxylic acids is 1. The lowest BCUT2D eigenvalue weighted by Gasteiger charge is -2.12. The van der Waals surface area contributed by atoms with Crippen LogP contribution < -0.4 is 10.3 Å². The first kappa shape index (κ1) is 22.6. The highest BCUT2D eigenvalue weighted by atomic mass is 79.9. The summed E-state index contributed by atoms with van der Waals surface area (Å²) in [6.45, 7) is 2.87. The summed E-state index contributed by atoms with van der Waals surface area (Å²) in [5.74, 6) is -1.15. The van der Waals surface area contributed by atoms with E-state index in [1.165, 1.54) is 25.3 Å². The molecule has 3 aromatic rings. The summed E-state index contributed by atoms with van der Waals surface area (Å²) in [7, 11) is 0. The molecule has 0 spiro atoms. The van der Waals surface area contributed by atoms with E-state index in [9.17, 15) is 19.7 Å². The van der Waals surface area contributed by atoms with Crippen LogP contribution >= 0.6 is 31.9 Å². The molecule has 0 aliphatic heterocycles. The van der Waals surface area contributed by atoms with Crippen LogP contribution in [-0.4, -0.2) is 38.0 Å². The standard InChI is InChI=1S/C19H14Br2N4O6/c1-9(19(27)28)31-17-14(21)5-11(6-16(17)25(29)30)8-22-24-10(2)23-15-4-3-12(20)7-13(15)18(24)26/h3-9H,1-2H3,(H,27,28)/t9-/m1/s1. The van der Waals surface area contributed by atoms with Gasteiger partial charge in [0.2, 0.25) is 5.75 Å². The fourth-order valence-electron chi connectivity index (χ4n) is 2.67. The maximum absolute atomic E-state index is 12.8. The second kappa shape index (κ2) is 8.94. The maximum atomic E-state index is 12.8. The van der Waals surface area contributed by atoms with Crippen LogP contribution in [0.3, 0.4) is 0 Å². The first-order valence-corrected chi connectivity index (χ1v) is 10.3. The lowest BCUT2D eigenvalue weighted by Crippen LogP contribution is -2.23. The summed E-state index contributed by atoms with van der Waals surface area (Å²) < 4.78 is 7.18. The Kier molecular flexibility index (Phi) is 6.51. The Labute approximate surface area is 191 Å². The molecular formula is C19H14Br2N4O6. The molecule has 0 saturated carbocycles. The number of fused-ring (bicyclic) bond motifs is 1. The number of carbonyl (C=O) groups is 1. The van der Waals surface area contributed by atoms with Crippen molar-refractivity contribution in [3.8, 4) is 5.75 Å². The van der Waals surface area contributed by atoms with Crippen LogP contribution in [0.4, 0.5) is 5.69 Å². The Morgan fingerprint density at radius 3 is 2.71 bits per heavy atom. The molecule has 0 bridgehead atoms. The van der Waals surface area contributed by atoms with Gasteiger partial charge in [-0.1, -0.05) is 15.9 Å². The Hall–Kier alpha value is -3.12. The average Bonchev–Trinajstić information content (AvgIpc) is 2.69. The smallest absolute Gasteiger partial charge is 0.344 e. The van der Waals surface area contributed by atoms with E-state index in [1.54, 1.807) is 25.1 Å². The molecule has 160 valence electrons. The zero-order valence-electron chi connectivity index (χ0n) is 16.1. The molecule has 0 radical (unpaired) electrons. The van der Waals surface area contributed by atoms with Crippen LogP contribution in [0.15, 0.2) is 49.2 Å². The van der Waals surface area contributed by atoms with Gasteiger partial charge in [0.05, 0.1) is 26.5 Å². The minimum atomic E-state index is -1.29. The number of benzene rings is 2. The highest BCUT2D eigenvalue weighted by Crippen LogP contribution is 2.36. The Bertz CT molecular complexity index is 1300. The van der Waals surface area contributed by atoms with E-state index in [2.05, 4.69) is 41.9 Å². The minimum Gasteiger partial charge on any atom is -0.479 e. The summed E-state index contributed by atoms with van der Waals surface area (Å²) in [6.07, 6.45) is -0.0269. The summed E-state index contributed by atoms with van der Waals surface area (Å²) in [6, 6.07) is 7.75. The van der Waals surface area contributed by atoms with E-state index in [1.807, 2.05) is 0 Å². The minimum absolute atomic E-state index is 0.167. The van der Waals surface area contributed by atoms with Gasteiger partial charge in [-0.25, -0.2) is 9.78 Å². The quantitative estimate of drug-likeness (QED) is 0.278. The van der Waals surface area contributed by atoms with Crippen LogP contribution in [0.5, 0.6) is 5.75 Å². The van der Waals surface area contributed by atoms with E-state index in [-0.39, 0.29) is 15.8 Å². The van der Waals surface area contributed by atoms with Crippen LogP contribution in [0.2, 0.25) is 0 Å². The largest absolute Gasteiger partial charge is 0.479 e. The van der Waals surface area contributed by atoms with E-state index in [4.69, 9.17) is 9.84 Å². The molecule has 3 rings (SSSR count). The van der Waals surface area contributed by atoms with Crippen molar-refractivity contribution in [1.29, 1.82) is 0 Å². The highest BCUT2D eigenvalue weighted by Gasteiger charge is 2.24. The van der Waals surface area contributed by atoms with Crippen molar-refractivity contribution in [3.63, 3.8) is 0 Å². The third-order valence-corrected chi connectivity index (χ3v) is 5.26. The van der Waals surface area contributed by atoms with Crippen molar-refractivity contribution in [2.75, 3.05) is 0 Å². The van der Waals surface area contributed by atoms with Gasteiger partial charge in [0.15, 0.2) is 6.10 Å². The average molecular weight is 554 g/mol. The van der Waals surface area contributed by atoms with Crippen molar-refractivity contribution in [2.24, 2.45) is 5.10 Å². The number of carboxylic acid groups (broad SMARTS) is 1. The molecule has 0 amide bonds. The summed E-state index contributed by atoms with van der Waals surface area (Å²) in [5.41, 5.74) is -0.0449. The fourth-order valence-corrected chi connectivity index (χ4v) is 3.60. The van der Waals surface area contributed by atoms with E-state index in [0.29, 0.717) is 21.2 Å². The Morgan fingerprint density at radius 2 is 2.06 bits per heavy atom. The normalized spacial score (nSPS) is 12.3. The van der Waals surface area contributed by atoms with Gasteiger partial charge in [-0.2, -0.15) is 9.78 Å². The molecule has 10 nitrogen and oxygen atoms in total. The molecule has 1 aromatic heterocycles. The molecule has 1 atom stereocenters. The lowest BCUT2D eigenvalue weighted by atomic mass is 10.2. The third kappa shape index (κ3) is 4.80. The van der Waals surface area contributed by atoms with Crippen molar-refractivity contribution < 1.29 is 19.6 Å². The van der Waals surface area contributed by atoms with E-state index < -0.39 is 28.2 Å². The van der Waals surface area contributed by atoms with Crippen LogP contribution in [0.25, 0.3) is 10.9 Å². The summed E-state index contributed by atoms with van der Waals surface area (Å²) in [4.78, 5) is 39.0. The van der Waals surface area contributed by atoms with Crippen LogP contribution in [-0.2, 0) is 4.79 Å². The van der Waals surface area contributed by atoms with Crippen LogP contribution in [0, 0.1) is 17.0 Å². The zero-order chi connectivity index (χ0) is 22.9. The summed E-state index contributed by atoms with van der Waals surface area (Å²) >= 11 is 6.48. The summed E-state index contributed by atoms with van der Waals surface area (Å²) in [5, 5.41) is 25.0. The topological polar surface area (TPSA) is 137 Å². The maximum Gasteiger partial charge on any atom is 0.344 e. The van der Waals surface area contributed by atoms with E-state index in [0.717, 1.165) is 4.68 Å².